The molecule has 1 N–H and O–H groups in total. The van der Waals surface area contributed by atoms with Gasteiger partial charge in [0.25, 0.3) is 6.02 Å². The van der Waals surface area contributed by atoms with Crippen molar-refractivity contribution in [3.05, 3.63) is 0 Å². The standard InChI is InChI=1S/C8H15N3O/c1-2-5-11(6-3-1)10-8-9-4-7-12-8/h1-7H2,(H,9,10). The van der Waals surface area contributed by atoms with E-state index in [9.17, 15) is 0 Å². The lowest BCUT2D eigenvalue weighted by atomic mass is 10.2. The molecule has 2 heterocycles. The topological polar surface area (TPSA) is 36.9 Å². The number of piperidine rings is 1. The lowest BCUT2D eigenvalue weighted by molar-refractivity contribution is 0.172. The fourth-order valence-electron chi connectivity index (χ4n) is 1.54. The van der Waals surface area contributed by atoms with Crippen LogP contribution in [0, 0.1) is 0 Å². The van der Waals surface area contributed by atoms with Crippen molar-refractivity contribution in [1.82, 2.24) is 10.4 Å². The maximum absolute atomic E-state index is 5.25. The Morgan fingerprint density at radius 1 is 1.25 bits per heavy atom. The van der Waals surface area contributed by atoms with Gasteiger partial charge >= 0.3 is 0 Å². The first-order valence-corrected chi connectivity index (χ1v) is 4.64. The highest BCUT2D eigenvalue weighted by Crippen LogP contribution is 2.06. The molecular weight excluding hydrogens is 154 g/mol. The number of aliphatic imine (C=N–C) groups is 1. The van der Waals surface area contributed by atoms with E-state index in [1.165, 1.54) is 19.3 Å². The zero-order valence-electron chi connectivity index (χ0n) is 7.25. The van der Waals surface area contributed by atoms with Gasteiger partial charge in [-0.05, 0) is 12.8 Å². The number of amidine groups is 1. The van der Waals surface area contributed by atoms with Gasteiger partial charge in [-0.3, -0.25) is 5.43 Å². The first-order valence-electron chi connectivity index (χ1n) is 4.64. The SMILES string of the molecule is C1CCN(NC2=NCCO2)CC1. The largest absolute Gasteiger partial charge is 0.462 e. The maximum atomic E-state index is 5.25. The highest BCUT2D eigenvalue weighted by atomic mass is 16.5. The summed E-state index contributed by atoms with van der Waals surface area (Å²) < 4.78 is 5.25. The van der Waals surface area contributed by atoms with Crippen LogP contribution in [-0.4, -0.2) is 37.3 Å². The number of ether oxygens (including phenoxy) is 1. The third kappa shape index (κ3) is 1.88. The van der Waals surface area contributed by atoms with E-state index in [1.54, 1.807) is 0 Å². The van der Waals surface area contributed by atoms with Crippen molar-refractivity contribution in [2.75, 3.05) is 26.2 Å². The first kappa shape index (κ1) is 7.86. The van der Waals surface area contributed by atoms with Crippen molar-refractivity contribution < 1.29 is 4.74 Å². The molecule has 0 radical (unpaired) electrons. The van der Waals surface area contributed by atoms with E-state index in [0.29, 0.717) is 6.02 Å². The minimum absolute atomic E-state index is 0.705. The number of hydrazine groups is 1. The molecule has 2 rings (SSSR count). The Balaban J connectivity index is 1.77. The van der Waals surface area contributed by atoms with Crippen LogP contribution in [0.5, 0.6) is 0 Å². The summed E-state index contributed by atoms with van der Waals surface area (Å²) in [4.78, 5) is 4.17. The number of nitrogens with zero attached hydrogens (tertiary/aromatic N) is 2. The van der Waals surface area contributed by atoms with Gasteiger partial charge < -0.3 is 4.74 Å². The Hall–Kier alpha value is -0.770. The molecule has 0 unspecified atom stereocenters. The van der Waals surface area contributed by atoms with Crippen LogP contribution >= 0.6 is 0 Å². The predicted molar refractivity (Wildman–Crippen MR) is 46.8 cm³/mol. The van der Waals surface area contributed by atoms with Gasteiger partial charge in [-0.2, -0.15) is 0 Å². The van der Waals surface area contributed by atoms with Gasteiger partial charge in [0.1, 0.15) is 6.61 Å². The van der Waals surface area contributed by atoms with E-state index in [1.807, 2.05) is 0 Å². The van der Waals surface area contributed by atoms with Gasteiger partial charge in [0.15, 0.2) is 0 Å². The number of hydrogen-bond acceptors (Lipinski definition) is 4. The van der Waals surface area contributed by atoms with Crippen LogP contribution in [0.25, 0.3) is 0 Å². The molecular formula is C8H15N3O. The molecule has 2 aliphatic rings. The Bertz CT molecular complexity index is 175. The van der Waals surface area contributed by atoms with E-state index in [0.717, 1.165) is 26.2 Å². The minimum Gasteiger partial charge on any atom is -0.462 e. The van der Waals surface area contributed by atoms with Crippen LogP contribution in [0.4, 0.5) is 0 Å². The Morgan fingerprint density at radius 3 is 2.75 bits per heavy atom. The quantitative estimate of drug-likeness (QED) is 0.616. The van der Waals surface area contributed by atoms with Gasteiger partial charge in [0.05, 0.1) is 6.54 Å². The number of nitrogens with one attached hydrogen (secondary N) is 1. The zero-order valence-corrected chi connectivity index (χ0v) is 7.25. The molecule has 4 heteroatoms. The van der Waals surface area contributed by atoms with E-state index < -0.39 is 0 Å². The van der Waals surface area contributed by atoms with Gasteiger partial charge in [-0.15, -0.1) is 0 Å². The van der Waals surface area contributed by atoms with Crippen molar-refractivity contribution >= 4 is 6.02 Å². The van der Waals surface area contributed by atoms with Crippen LogP contribution in [0.1, 0.15) is 19.3 Å². The second kappa shape index (κ2) is 3.76. The first-order chi connectivity index (χ1) is 5.95. The summed E-state index contributed by atoms with van der Waals surface area (Å²) in [6, 6.07) is 0.705. The van der Waals surface area contributed by atoms with Crippen molar-refractivity contribution in [3.8, 4) is 0 Å². The summed E-state index contributed by atoms with van der Waals surface area (Å²) in [6.07, 6.45) is 3.91. The predicted octanol–water partition coefficient (Wildman–Crippen LogP) is 0.363. The lowest BCUT2D eigenvalue weighted by Crippen LogP contribution is -2.45. The third-order valence-electron chi connectivity index (χ3n) is 2.20. The minimum atomic E-state index is 0.705. The maximum Gasteiger partial charge on any atom is 0.299 e. The fraction of sp³-hybridized carbons (Fsp3) is 0.875. The molecule has 4 nitrogen and oxygen atoms in total. The summed E-state index contributed by atoms with van der Waals surface area (Å²) in [7, 11) is 0. The highest BCUT2D eigenvalue weighted by molar-refractivity contribution is 5.74. The van der Waals surface area contributed by atoms with Crippen molar-refractivity contribution in [3.63, 3.8) is 0 Å². The molecule has 1 fully saturated rings. The van der Waals surface area contributed by atoms with Crippen LogP contribution in [0.15, 0.2) is 4.99 Å². The Labute approximate surface area is 72.6 Å². The Kier molecular flexibility index (Phi) is 2.46. The summed E-state index contributed by atoms with van der Waals surface area (Å²) >= 11 is 0. The molecule has 0 saturated carbocycles. The summed E-state index contributed by atoms with van der Waals surface area (Å²) in [5, 5.41) is 2.19. The lowest BCUT2D eigenvalue weighted by Gasteiger charge is -2.26. The fourth-order valence-corrected chi connectivity index (χ4v) is 1.54. The van der Waals surface area contributed by atoms with Gasteiger partial charge in [0.2, 0.25) is 0 Å². The summed E-state index contributed by atoms with van der Waals surface area (Å²) in [5.41, 5.74) is 3.18. The van der Waals surface area contributed by atoms with E-state index in [2.05, 4.69) is 15.4 Å². The van der Waals surface area contributed by atoms with E-state index in [4.69, 9.17) is 4.74 Å². The van der Waals surface area contributed by atoms with Crippen LogP contribution < -0.4 is 5.43 Å². The molecule has 0 aromatic rings. The molecule has 68 valence electrons. The van der Waals surface area contributed by atoms with Crippen LogP contribution in [-0.2, 0) is 4.74 Å². The summed E-state index contributed by atoms with van der Waals surface area (Å²) in [5.74, 6) is 0. The molecule has 12 heavy (non-hydrogen) atoms. The number of hydrogen-bond donors (Lipinski definition) is 1. The Morgan fingerprint density at radius 2 is 2.08 bits per heavy atom. The van der Waals surface area contributed by atoms with Crippen LogP contribution in [0.2, 0.25) is 0 Å². The normalized spacial score (nSPS) is 24.8. The molecule has 0 atom stereocenters. The van der Waals surface area contributed by atoms with E-state index >= 15 is 0 Å². The van der Waals surface area contributed by atoms with E-state index in [-0.39, 0.29) is 0 Å². The summed E-state index contributed by atoms with van der Waals surface area (Å²) in [6.45, 7) is 3.76. The smallest absolute Gasteiger partial charge is 0.299 e. The average Bonchev–Trinajstić information content (AvgIpc) is 2.59. The molecule has 0 aromatic heterocycles. The van der Waals surface area contributed by atoms with Crippen LogP contribution in [0.3, 0.4) is 0 Å². The molecule has 0 spiro atoms. The number of rotatable bonds is 1. The monoisotopic (exact) mass is 169 g/mol. The molecule has 2 aliphatic heterocycles. The molecule has 0 bridgehead atoms. The average molecular weight is 169 g/mol. The second-order valence-electron chi connectivity index (χ2n) is 3.19. The van der Waals surface area contributed by atoms with Crippen molar-refractivity contribution in [1.29, 1.82) is 0 Å². The van der Waals surface area contributed by atoms with Crippen molar-refractivity contribution in [2.24, 2.45) is 4.99 Å². The second-order valence-corrected chi connectivity index (χ2v) is 3.19. The van der Waals surface area contributed by atoms with Gasteiger partial charge in [0, 0.05) is 13.1 Å². The highest BCUT2D eigenvalue weighted by Gasteiger charge is 2.13. The zero-order chi connectivity index (χ0) is 8.23. The molecule has 0 amide bonds. The molecule has 0 aliphatic carbocycles. The van der Waals surface area contributed by atoms with Gasteiger partial charge in [-0.1, -0.05) is 6.42 Å². The van der Waals surface area contributed by atoms with Crippen molar-refractivity contribution in [2.45, 2.75) is 19.3 Å². The van der Waals surface area contributed by atoms with Gasteiger partial charge in [-0.25, -0.2) is 10.0 Å². The third-order valence-corrected chi connectivity index (χ3v) is 2.20. The molecule has 0 aromatic carbocycles. The molecule has 1 saturated heterocycles.